The highest BCUT2D eigenvalue weighted by molar-refractivity contribution is 14.1. The average molecular weight is 412 g/mol. The molecule has 0 aliphatic heterocycles. The fraction of sp³-hybridized carbons (Fsp3) is 0.0714. The summed E-state index contributed by atoms with van der Waals surface area (Å²) in [6.45, 7) is 0. The molecule has 0 amide bonds. The number of hydrogen-bond donors (Lipinski definition) is 0. The molecule has 21 heavy (non-hydrogen) atoms. The largest absolute Gasteiger partial charge is 0.294 e. The summed E-state index contributed by atoms with van der Waals surface area (Å²) in [6, 6.07) is 6.38. The van der Waals surface area contributed by atoms with Gasteiger partial charge in [0.25, 0.3) is 0 Å². The van der Waals surface area contributed by atoms with Crippen molar-refractivity contribution in [3.63, 3.8) is 0 Å². The summed E-state index contributed by atoms with van der Waals surface area (Å²) >= 11 is 2.02. The normalized spacial score (nSPS) is 10.8. The van der Waals surface area contributed by atoms with Crippen LogP contribution in [0.2, 0.25) is 0 Å². The number of carbonyl (C=O) groups excluding carboxylic acids is 1. The molecule has 0 N–H and O–H groups in total. The van der Waals surface area contributed by atoms with Gasteiger partial charge in [-0.25, -0.2) is 22.0 Å². The molecule has 0 aromatic heterocycles. The molecule has 0 heterocycles. The number of rotatable bonds is 3. The highest BCUT2D eigenvalue weighted by Crippen LogP contribution is 2.24. The van der Waals surface area contributed by atoms with Crippen LogP contribution in [-0.2, 0) is 6.42 Å². The minimum atomic E-state index is -2.28. The summed E-state index contributed by atoms with van der Waals surface area (Å²) < 4.78 is 66.8. The van der Waals surface area contributed by atoms with Crippen LogP contribution in [0.4, 0.5) is 22.0 Å². The van der Waals surface area contributed by atoms with E-state index in [9.17, 15) is 26.7 Å². The summed E-state index contributed by atoms with van der Waals surface area (Å²) in [7, 11) is 0. The van der Waals surface area contributed by atoms with Gasteiger partial charge in [-0.1, -0.05) is 12.1 Å². The number of halogens is 6. The van der Waals surface area contributed by atoms with Gasteiger partial charge in [0.15, 0.2) is 29.1 Å². The molecule has 0 spiro atoms. The first-order valence-corrected chi connectivity index (χ1v) is 6.70. The molecule has 1 nitrogen and oxygen atoms in total. The lowest BCUT2D eigenvalue weighted by molar-refractivity contribution is 0.0981. The van der Waals surface area contributed by atoms with Crippen LogP contribution in [0.25, 0.3) is 0 Å². The monoisotopic (exact) mass is 412 g/mol. The first kappa shape index (κ1) is 15.9. The molecular formula is C14H6F5IO. The van der Waals surface area contributed by atoms with E-state index in [-0.39, 0.29) is 0 Å². The number of ketones is 1. The Labute approximate surface area is 129 Å². The SMILES string of the molecule is O=C(Cc1ccc(I)cc1)c1c(F)c(F)c(F)c(F)c1F. The Morgan fingerprint density at radius 2 is 1.24 bits per heavy atom. The second kappa shape index (κ2) is 6.08. The summed E-state index contributed by atoms with van der Waals surface area (Å²) in [5.41, 5.74) is -1.01. The van der Waals surface area contributed by atoms with E-state index in [0.717, 1.165) is 3.57 Å². The van der Waals surface area contributed by atoms with Crippen molar-refractivity contribution < 1.29 is 26.7 Å². The molecule has 0 unspecified atom stereocenters. The zero-order chi connectivity index (χ0) is 15.7. The average Bonchev–Trinajstić information content (AvgIpc) is 2.46. The number of benzene rings is 2. The van der Waals surface area contributed by atoms with Crippen molar-refractivity contribution >= 4 is 28.4 Å². The fourth-order valence-electron chi connectivity index (χ4n) is 1.73. The molecule has 2 rings (SSSR count). The summed E-state index contributed by atoms with van der Waals surface area (Å²) in [5.74, 6) is -11.9. The van der Waals surface area contributed by atoms with Crippen molar-refractivity contribution in [3.05, 3.63) is 68.0 Å². The summed E-state index contributed by atoms with van der Waals surface area (Å²) in [4.78, 5) is 11.8. The van der Waals surface area contributed by atoms with Gasteiger partial charge in [0.05, 0.1) is 5.56 Å². The lowest BCUT2D eigenvalue weighted by atomic mass is 10.0. The van der Waals surface area contributed by atoms with Crippen LogP contribution in [0.5, 0.6) is 0 Å². The standard InChI is InChI=1S/C14H6F5IO/c15-10-9(11(16)13(18)14(19)12(10)17)8(21)5-6-1-3-7(20)4-2-6/h1-4H,5H2. The van der Waals surface area contributed by atoms with Crippen LogP contribution in [0.1, 0.15) is 15.9 Å². The Balaban J connectivity index is 2.42. The first-order chi connectivity index (χ1) is 9.82. The molecule has 0 radical (unpaired) electrons. The Hall–Kier alpha value is -1.51. The summed E-state index contributed by atoms with van der Waals surface area (Å²) in [5, 5.41) is 0. The zero-order valence-corrected chi connectivity index (χ0v) is 12.4. The Kier molecular flexibility index (Phi) is 4.60. The summed E-state index contributed by atoms with van der Waals surface area (Å²) in [6.07, 6.45) is -0.463. The molecule has 0 bridgehead atoms. The van der Waals surface area contributed by atoms with Gasteiger partial charge in [-0.3, -0.25) is 4.79 Å². The van der Waals surface area contributed by atoms with Crippen molar-refractivity contribution in [3.8, 4) is 0 Å². The molecule has 0 saturated carbocycles. The molecule has 0 saturated heterocycles. The van der Waals surface area contributed by atoms with Gasteiger partial charge >= 0.3 is 0 Å². The molecule has 2 aromatic rings. The molecule has 110 valence electrons. The van der Waals surface area contributed by atoms with Gasteiger partial charge < -0.3 is 0 Å². The topological polar surface area (TPSA) is 17.1 Å². The second-order valence-electron chi connectivity index (χ2n) is 4.17. The van der Waals surface area contributed by atoms with Crippen LogP contribution in [0, 0.1) is 32.7 Å². The van der Waals surface area contributed by atoms with E-state index in [1.807, 2.05) is 22.6 Å². The predicted molar refractivity (Wildman–Crippen MR) is 73.4 cm³/mol. The Bertz CT molecular complexity index is 683. The Morgan fingerprint density at radius 3 is 1.71 bits per heavy atom. The van der Waals surface area contributed by atoms with Crippen molar-refractivity contribution in [2.75, 3.05) is 0 Å². The van der Waals surface area contributed by atoms with E-state index in [1.165, 1.54) is 12.1 Å². The quantitative estimate of drug-likeness (QED) is 0.240. The van der Waals surface area contributed by atoms with Gasteiger partial charge in [-0.05, 0) is 40.3 Å². The lowest BCUT2D eigenvalue weighted by Gasteiger charge is -2.07. The molecular weight excluding hydrogens is 406 g/mol. The van der Waals surface area contributed by atoms with Gasteiger partial charge in [0.1, 0.15) is 0 Å². The third-order valence-electron chi connectivity index (χ3n) is 2.77. The van der Waals surface area contributed by atoms with E-state index in [4.69, 9.17) is 0 Å². The van der Waals surface area contributed by atoms with Crippen molar-refractivity contribution in [2.45, 2.75) is 6.42 Å². The van der Waals surface area contributed by atoms with Gasteiger partial charge in [-0.2, -0.15) is 0 Å². The van der Waals surface area contributed by atoms with Crippen LogP contribution in [-0.4, -0.2) is 5.78 Å². The zero-order valence-electron chi connectivity index (χ0n) is 10.2. The second-order valence-corrected chi connectivity index (χ2v) is 5.42. The molecule has 0 aliphatic carbocycles. The van der Waals surface area contributed by atoms with E-state index < -0.39 is 46.9 Å². The smallest absolute Gasteiger partial charge is 0.200 e. The molecule has 0 atom stereocenters. The molecule has 0 fully saturated rings. The van der Waals surface area contributed by atoms with Crippen LogP contribution in [0.3, 0.4) is 0 Å². The van der Waals surface area contributed by atoms with Gasteiger partial charge in [0, 0.05) is 9.99 Å². The van der Waals surface area contributed by atoms with Crippen molar-refractivity contribution in [2.24, 2.45) is 0 Å². The highest BCUT2D eigenvalue weighted by Gasteiger charge is 2.29. The van der Waals surface area contributed by atoms with Gasteiger partial charge in [0.2, 0.25) is 5.82 Å². The Morgan fingerprint density at radius 1 is 0.810 bits per heavy atom. The molecule has 7 heteroatoms. The van der Waals surface area contributed by atoms with Crippen LogP contribution < -0.4 is 0 Å². The van der Waals surface area contributed by atoms with Gasteiger partial charge in [-0.15, -0.1) is 0 Å². The van der Waals surface area contributed by atoms with Crippen molar-refractivity contribution in [1.82, 2.24) is 0 Å². The van der Waals surface area contributed by atoms with E-state index in [2.05, 4.69) is 0 Å². The van der Waals surface area contributed by atoms with E-state index in [1.54, 1.807) is 12.1 Å². The minimum Gasteiger partial charge on any atom is -0.294 e. The van der Waals surface area contributed by atoms with Crippen molar-refractivity contribution in [1.29, 1.82) is 0 Å². The molecule has 0 aliphatic rings. The van der Waals surface area contributed by atoms with E-state index in [0.29, 0.717) is 5.56 Å². The third-order valence-corrected chi connectivity index (χ3v) is 3.49. The number of Topliss-reactive ketones (excluding diaryl/α,β-unsaturated/α-hetero) is 1. The maximum absolute atomic E-state index is 13.5. The maximum Gasteiger partial charge on any atom is 0.200 e. The first-order valence-electron chi connectivity index (χ1n) is 5.62. The minimum absolute atomic E-state index is 0.407. The van der Waals surface area contributed by atoms with Crippen LogP contribution >= 0.6 is 22.6 Å². The maximum atomic E-state index is 13.5. The molecule has 2 aromatic carbocycles. The lowest BCUT2D eigenvalue weighted by Crippen LogP contribution is -2.14. The van der Waals surface area contributed by atoms with Crippen LogP contribution in [0.15, 0.2) is 24.3 Å². The predicted octanol–water partition coefficient (Wildman–Crippen LogP) is 4.41. The third kappa shape index (κ3) is 3.07. The fourth-order valence-corrected chi connectivity index (χ4v) is 2.09. The highest BCUT2D eigenvalue weighted by atomic mass is 127. The van der Waals surface area contributed by atoms with E-state index >= 15 is 0 Å². The number of hydrogen-bond acceptors (Lipinski definition) is 1. The number of carbonyl (C=O) groups is 1.